The van der Waals surface area contributed by atoms with E-state index in [4.69, 9.17) is 15.0 Å². The lowest BCUT2D eigenvalue weighted by atomic mass is 9.78. The molecule has 3 heterocycles. The van der Waals surface area contributed by atoms with Crippen LogP contribution in [0.2, 0.25) is 0 Å². The average molecular weight is 399 g/mol. The zero-order chi connectivity index (χ0) is 21.3. The summed E-state index contributed by atoms with van der Waals surface area (Å²) >= 11 is 0. The van der Waals surface area contributed by atoms with E-state index in [1.807, 2.05) is 27.7 Å². The highest BCUT2D eigenvalue weighted by atomic mass is 19.1. The Hall–Kier alpha value is -2.98. The number of carbonyl (C=O) groups excluding carboxylic acids is 2. The first-order valence-corrected chi connectivity index (χ1v) is 8.99. The standard InChI is InChI=1S/C19H19BFN3O5/c1-18(2)19(3,4)29-20(28-18)11-7-9(5-6-12(11)21)24-13(25)8-10-14(15(24)22)17(27)23-16(10)26/h5-8H,22H2,1-4H3,(H,23,26,27). The van der Waals surface area contributed by atoms with E-state index in [-0.39, 0.29) is 28.1 Å². The van der Waals surface area contributed by atoms with Crippen molar-refractivity contribution in [2.45, 2.75) is 38.9 Å². The topological polar surface area (TPSA) is 113 Å². The fourth-order valence-corrected chi connectivity index (χ4v) is 3.37. The van der Waals surface area contributed by atoms with E-state index in [0.29, 0.717) is 0 Å². The molecule has 0 spiro atoms. The number of fused-ring (bicyclic) bond motifs is 1. The molecule has 1 saturated heterocycles. The summed E-state index contributed by atoms with van der Waals surface area (Å²) in [6.07, 6.45) is 0. The number of imide groups is 1. The number of pyridine rings is 1. The summed E-state index contributed by atoms with van der Waals surface area (Å²) in [6.45, 7) is 7.36. The van der Waals surface area contributed by atoms with E-state index in [9.17, 15) is 18.8 Å². The number of halogens is 1. The minimum Gasteiger partial charge on any atom is -0.399 e. The number of nitrogen functional groups attached to an aromatic ring is 1. The average Bonchev–Trinajstić information content (AvgIpc) is 3.00. The van der Waals surface area contributed by atoms with Crippen LogP contribution in [-0.2, 0) is 9.31 Å². The van der Waals surface area contributed by atoms with Gasteiger partial charge in [0.2, 0.25) is 0 Å². The molecule has 8 nitrogen and oxygen atoms in total. The molecule has 0 aliphatic carbocycles. The second-order valence-electron chi connectivity index (χ2n) is 8.07. The van der Waals surface area contributed by atoms with Crippen LogP contribution in [0, 0.1) is 5.82 Å². The summed E-state index contributed by atoms with van der Waals surface area (Å²) in [7, 11) is -0.990. The van der Waals surface area contributed by atoms with Crippen molar-refractivity contribution in [2.75, 3.05) is 5.73 Å². The number of hydrogen-bond donors (Lipinski definition) is 2. The van der Waals surface area contributed by atoms with Crippen molar-refractivity contribution < 1.29 is 23.3 Å². The van der Waals surface area contributed by atoms with Gasteiger partial charge in [0.25, 0.3) is 17.4 Å². The van der Waals surface area contributed by atoms with E-state index in [0.717, 1.165) is 10.6 Å². The molecule has 0 atom stereocenters. The monoisotopic (exact) mass is 399 g/mol. The molecule has 0 bridgehead atoms. The molecule has 4 rings (SSSR count). The minimum absolute atomic E-state index is 0.0814. The fourth-order valence-electron chi connectivity index (χ4n) is 3.37. The van der Waals surface area contributed by atoms with Gasteiger partial charge in [-0.2, -0.15) is 0 Å². The molecular weight excluding hydrogens is 380 g/mol. The number of nitrogens with zero attached hydrogens (tertiary/aromatic N) is 1. The number of nitrogens with one attached hydrogen (secondary N) is 1. The quantitative estimate of drug-likeness (QED) is 0.569. The van der Waals surface area contributed by atoms with Gasteiger partial charge < -0.3 is 15.0 Å². The Kier molecular flexibility index (Phi) is 4.01. The van der Waals surface area contributed by atoms with Crippen LogP contribution in [0.25, 0.3) is 5.69 Å². The van der Waals surface area contributed by atoms with Crippen molar-refractivity contribution in [2.24, 2.45) is 0 Å². The number of aromatic nitrogens is 1. The summed E-state index contributed by atoms with van der Waals surface area (Å²) in [5, 5.41) is 2.10. The van der Waals surface area contributed by atoms with Crippen molar-refractivity contribution in [3.8, 4) is 5.69 Å². The molecule has 2 aliphatic rings. The van der Waals surface area contributed by atoms with Crippen LogP contribution in [-0.4, -0.2) is 34.7 Å². The predicted octanol–water partition coefficient (Wildman–Crippen LogP) is 0.742. The van der Waals surface area contributed by atoms with Gasteiger partial charge in [0.1, 0.15) is 11.6 Å². The normalized spacial score (nSPS) is 19.4. The van der Waals surface area contributed by atoms with Crippen molar-refractivity contribution >= 4 is 30.2 Å². The van der Waals surface area contributed by atoms with Gasteiger partial charge in [-0.25, -0.2) is 4.39 Å². The predicted molar refractivity (Wildman–Crippen MR) is 104 cm³/mol. The molecule has 0 saturated carbocycles. The summed E-state index contributed by atoms with van der Waals surface area (Å²) < 4.78 is 27.4. The number of anilines is 1. The summed E-state index contributed by atoms with van der Waals surface area (Å²) in [6, 6.07) is 4.93. The fraction of sp³-hybridized carbons (Fsp3) is 0.316. The van der Waals surface area contributed by atoms with Gasteiger partial charge in [-0.15, -0.1) is 0 Å². The highest BCUT2D eigenvalue weighted by Crippen LogP contribution is 2.36. The zero-order valence-corrected chi connectivity index (χ0v) is 16.3. The Labute approximate surface area is 165 Å². The number of hydrogen-bond acceptors (Lipinski definition) is 6. The molecule has 0 unspecified atom stereocenters. The van der Waals surface area contributed by atoms with Crippen LogP contribution in [0.1, 0.15) is 48.4 Å². The third-order valence-corrected chi connectivity index (χ3v) is 5.70. The molecule has 1 fully saturated rings. The molecule has 3 N–H and O–H groups in total. The molecular formula is C19H19BFN3O5. The SMILES string of the molecule is CC1(C)OB(c2cc(-n3c(N)c4c(cc3=O)C(=O)NC4=O)ccc2F)OC1(C)C. The number of nitrogens with two attached hydrogens (primary N) is 1. The smallest absolute Gasteiger partial charge is 0.399 e. The van der Waals surface area contributed by atoms with Gasteiger partial charge in [-0.1, -0.05) is 0 Å². The number of rotatable bonds is 2. The maximum Gasteiger partial charge on any atom is 0.497 e. The molecule has 2 amide bonds. The lowest BCUT2D eigenvalue weighted by Gasteiger charge is -2.32. The molecule has 29 heavy (non-hydrogen) atoms. The van der Waals surface area contributed by atoms with Crippen molar-refractivity contribution in [3.63, 3.8) is 0 Å². The highest BCUT2D eigenvalue weighted by molar-refractivity contribution is 6.62. The zero-order valence-electron chi connectivity index (χ0n) is 16.3. The van der Waals surface area contributed by atoms with Gasteiger partial charge in [0.15, 0.2) is 0 Å². The Morgan fingerprint density at radius 3 is 2.28 bits per heavy atom. The molecule has 0 radical (unpaired) electrons. The number of benzene rings is 1. The maximum absolute atomic E-state index is 14.6. The van der Waals surface area contributed by atoms with Crippen molar-refractivity contribution in [3.05, 3.63) is 51.6 Å². The van der Waals surface area contributed by atoms with E-state index in [2.05, 4.69) is 5.32 Å². The van der Waals surface area contributed by atoms with Crippen molar-refractivity contribution in [1.82, 2.24) is 9.88 Å². The van der Waals surface area contributed by atoms with Crippen LogP contribution in [0.3, 0.4) is 0 Å². The Balaban J connectivity index is 1.85. The lowest BCUT2D eigenvalue weighted by Crippen LogP contribution is -2.41. The third kappa shape index (κ3) is 2.78. The summed E-state index contributed by atoms with van der Waals surface area (Å²) in [5.41, 5.74) is 4.20. The molecule has 2 aliphatic heterocycles. The van der Waals surface area contributed by atoms with Gasteiger partial charge in [-0.3, -0.25) is 24.3 Å². The summed E-state index contributed by atoms with van der Waals surface area (Å²) in [4.78, 5) is 36.5. The van der Waals surface area contributed by atoms with Gasteiger partial charge in [0, 0.05) is 11.5 Å². The van der Waals surface area contributed by atoms with Crippen LogP contribution >= 0.6 is 0 Å². The first kappa shape index (κ1) is 19.3. The minimum atomic E-state index is -0.990. The Bertz CT molecular complexity index is 1130. The molecule has 1 aromatic carbocycles. The highest BCUT2D eigenvalue weighted by Gasteiger charge is 2.52. The van der Waals surface area contributed by atoms with Crippen LogP contribution < -0.4 is 22.1 Å². The lowest BCUT2D eigenvalue weighted by molar-refractivity contribution is 0.00578. The van der Waals surface area contributed by atoms with Crippen LogP contribution in [0.5, 0.6) is 0 Å². The van der Waals surface area contributed by atoms with E-state index in [1.54, 1.807) is 0 Å². The number of amides is 2. The largest absolute Gasteiger partial charge is 0.497 e. The second kappa shape index (κ2) is 6.01. The molecule has 2 aromatic rings. The van der Waals surface area contributed by atoms with Crippen LogP contribution in [0.4, 0.5) is 10.2 Å². The van der Waals surface area contributed by atoms with Crippen molar-refractivity contribution in [1.29, 1.82) is 0 Å². The van der Waals surface area contributed by atoms with Crippen LogP contribution in [0.15, 0.2) is 29.1 Å². The van der Waals surface area contributed by atoms with Gasteiger partial charge in [0.05, 0.1) is 28.0 Å². The summed E-state index contributed by atoms with van der Waals surface area (Å²) in [5.74, 6) is -2.15. The molecule has 10 heteroatoms. The molecule has 150 valence electrons. The number of carbonyl (C=O) groups is 2. The van der Waals surface area contributed by atoms with E-state index < -0.39 is 41.5 Å². The maximum atomic E-state index is 14.6. The van der Waals surface area contributed by atoms with E-state index >= 15 is 0 Å². The second-order valence-corrected chi connectivity index (χ2v) is 8.07. The van der Waals surface area contributed by atoms with Gasteiger partial charge >= 0.3 is 7.12 Å². The third-order valence-electron chi connectivity index (χ3n) is 5.70. The van der Waals surface area contributed by atoms with Gasteiger partial charge in [-0.05, 0) is 45.9 Å². The first-order valence-electron chi connectivity index (χ1n) is 8.99. The Morgan fingerprint density at radius 2 is 1.66 bits per heavy atom. The first-order chi connectivity index (χ1) is 13.4. The van der Waals surface area contributed by atoms with E-state index in [1.165, 1.54) is 18.2 Å². The molecule has 1 aromatic heterocycles. The Morgan fingerprint density at radius 1 is 1.03 bits per heavy atom.